The lowest BCUT2D eigenvalue weighted by Gasteiger charge is -2.24. The Morgan fingerprint density at radius 1 is 1.04 bits per heavy atom. The molecular formula is C19H22N2O3. The highest BCUT2D eigenvalue weighted by atomic mass is 16.5. The molecule has 126 valence electrons. The van der Waals surface area contributed by atoms with E-state index in [4.69, 9.17) is 4.74 Å². The molecule has 0 fully saturated rings. The van der Waals surface area contributed by atoms with Crippen LogP contribution in [0, 0.1) is 13.8 Å². The van der Waals surface area contributed by atoms with Gasteiger partial charge in [-0.1, -0.05) is 18.2 Å². The van der Waals surface area contributed by atoms with Crippen molar-refractivity contribution in [3.63, 3.8) is 0 Å². The molecule has 5 heteroatoms. The quantitative estimate of drug-likeness (QED) is 0.917. The molecule has 0 saturated carbocycles. The number of anilines is 2. The molecule has 0 heterocycles. The first kappa shape index (κ1) is 17.5. The summed E-state index contributed by atoms with van der Waals surface area (Å²) in [5.41, 5.74) is 3.37. The summed E-state index contributed by atoms with van der Waals surface area (Å²) in [4.78, 5) is 25.9. The van der Waals surface area contributed by atoms with Crippen LogP contribution < -0.4 is 15.0 Å². The highest BCUT2D eigenvalue weighted by molar-refractivity contribution is 6.02. The highest BCUT2D eigenvalue weighted by Gasteiger charge is 2.19. The van der Waals surface area contributed by atoms with E-state index in [0.29, 0.717) is 11.4 Å². The van der Waals surface area contributed by atoms with E-state index in [-0.39, 0.29) is 18.4 Å². The smallest absolute Gasteiger partial charge is 0.244 e. The molecule has 2 aromatic rings. The number of methoxy groups -OCH3 is 1. The average molecular weight is 326 g/mol. The standard InChI is InChI=1S/C19H22N2O3/c1-13-6-5-7-14(2)19(13)21(15(3)22)12-18(23)20-16-8-10-17(24-4)11-9-16/h5-11H,12H2,1-4H3,(H,20,23). The van der Waals surface area contributed by atoms with Crippen LogP contribution in [0.3, 0.4) is 0 Å². The topological polar surface area (TPSA) is 58.6 Å². The molecule has 2 amide bonds. The van der Waals surface area contributed by atoms with Gasteiger partial charge in [0.1, 0.15) is 12.3 Å². The van der Waals surface area contributed by atoms with Crippen LogP contribution in [-0.4, -0.2) is 25.5 Å². The molecule has 1 N–H and O–H groups in total. The van der Waals surface area contributed by atoms with Gasteiger partial charge in [-0.15, -0.1) is 0 Å². The molecule has 0 aliphatic rings. The number of carbonyl (C=O) groups is 2. The van der Waals surface area contributed by atoms with Crippen molar-refractivity contribution in [1.82, 2.24) is 0 Å². The van der Waals surface area contributed by atoms with Crippen molar-refractivity contribution in [3.8, 4) is 5.75 Å². The molecule has 0 atom stereocenters. The second-order valence-electron chi connectivity index (χ2n) is 5.62. The SMILES string of the molecule is COc1ccc(NC(=O)CN(C(C)=O)c2c(C)cccc2C)cc1. The van der Waals surface area contributed by atoms with Gasteiger partial charge in [-0.2, -0.15) is 0 Å². The number of nitrogens with zero attached hydrogens (tertiary/aromatic N) is 1. The fourth-order valence-electron chi connectivity index (χ4n) is 2.60. The number of nitrogens with one attached hydrogen (secondary N) is 1. The van der Waals surface area contributed by atoms with Crippen LogP contribution in [0.5, 0.6) is 5.75 Å². The van der Waals surface area contributed by atoms with E-state index in [2.05, 4.69) is 5.32 Å². The third-order valence-electron chi connectivity index (χ3n) is 3.77. The van der Waals surface area contributed by atoms with Crippen molar-refractivity contribution in [2.45, 2.75) is 20.8 Å². The average Bonchev–Trinajstić information content (AvgIpc) is 2.54. The molecule has 0 aliphatic heterocycles. The number of amides is 2. The predicted octanol–water partition coefficient (Wildman–Crippen LogP) is 3.30. The Bertz CT molecular complexity index is 719. The van der Waals surface area contributed by atoms with E-state index in [1.165, 1.54) is 11.8 Å². The molecule has 2 aromatic carbocycles. The van der Waals surface area contributed by atoms with E-state index in [1.807, 2.05) is 32.0 Å². The minimum atomic E-state index is -0.252. The second-order valence-corrected chi connectivity index (χ2v) is 5.62. The van der Waals surface area contributed by atoms with Crippen molar-refractivity contribution in [2.24, 2.45) is 0 Å². The largest absolute Gasteiger partial charge is 0.497 e. The number of aryl methyl sites for hydroxylation is 2. The summed E-state index contributed by atoms with van der Waals surface area (Å²) in [7, 11) is 1.59. The molecule has 2 rings (SSSR count). The maximum atomic E-state index is 12.3. The summed E-state index contributed by atoms with van der Waals surface area (Å²) >= 11 is 0. The zero-order chi connectivity index (χ0) is 17.7. The van der Waals surface area contributed by atoms with E-state index >= 15 is 0 Å². The number of para-hydroxylation sites is 1. The maximum absolute atomic E-state index is 12.3. The lowest BCUT2D eigenvalue weighted by molar-refractivity contribution is -0.120. The number of rotatable bonds is 5. The zero-order valence-electron chi connectivity index (χ0n) is 14.4. The van der Waals surface area contributed by atoms with Gasteiger partial charge < -0.3 is 15.0 Å². The van der Waals surface area contributed by atoms with Crippen LogP contribution in [0.25, 0.3) is 0 Å². The Labute approximate surface area is 142 Å². The van der Waals surface area contributed by atoms with Gasteiger partial charge in [-0.25, -0.2) is 0 Å². The molecule has 0 spiro atoms. The van der Waals surface area contributed by atoms with Crippen LogP contribution in [0.4, 0.5) is 11.4 Å². The number of hydrogen-bond acceptors (Lipinski definition) is 3. The second kappa shape index (κ2) is 7.64. The zero-order valence-corrected chi connectivity index (χ0v) is 14.4. The Kier molecular flexibility index (Phi) is 5.58. The highest BCUT2D eigenvalue weighted by Crippen LogP contribution is 2.25. The molecule has 5 nitrogen and oxygen atoms in total. The Morgan fingerprint density at radius 3 is 2.12 bits per heavy atom. The van der Waals surface area contributed by atoms with Gasteiger partial charge in [-0.3, -0.25) is 9.59 Å². The molecule has 0 aliphatic carbocycles. The fraction of sp³-hybridized carbons (Fsp3) is 0.263. The van der Waals surface area contributed by atoms with Crippen LogP contribution >= 0.6 is 0 Å². The summed E-state index contributed by atoms with van der Waals surface area (Å²) in [6.07, 6.45) is 0. The monoisotopic (exact) mass is 326 g/mol. The number of ether oxygens (including phenoxy) is 1. The molecule has 0 saturated heterocycles. The van der Waals surface area contributed by atoms with Crippen molar-refractivity contribution >= 4 is 23.2 Å². The fourth-order valence-corrected chi connectivity index (χ4v) is 2.60. The van der Waals surface area contributed by atoms with Crippen LogP contribution in [0.1, 0.15) is 18.1 Å². The Balaban J connectivity index is 2.15. The van der Waals surface area contributed by atoms with Crippen molar-refractivity contribution in [2.75, 3.05) is 23.9 Å². The van der Waals surface area contributed by atoms with E-state index in [0.717, 1.165) is 16.8 Å². The Morgan fingerprint density at radius 2 is 1.62 bits per heavy atom. The lowest BCUT2D eigenvalue weighted by atomic mass is 10.1. The molecule has 0 unspecified atom stereocenters. The molecule has 0 radical (unpaired) electrons. The third-order valence-corrected chi connectivity index (χ3v) is 3.77. The van der Waals surface area contributed by atoms with Gasteiger partial charge in [0, 0.05) is 12.6 Å². The van der Waals surface area contributed by atoms with E-state index in [1.54, 1.807) is 31.4 Å². The minimum absolute atomic E-state index is 0.0347. The Hall–Kier alpha value is -2.82. The minimum Gasteiger partial charge on any atom is -0.497 e. The van der Waals surface area contributed by atoms with Gasteiger partial charge in [0.05, 0.1) is 12.8 Å². The van der Waals surface area contributed by atoms with Gasteiger partial charge in [-0.05, 0) is 49.2 Å². The van der Waals surface area contributed by atoms with Crippen molar-refractivity contribution in [1.29, 1.82) is 0 Å². The molecule has 24 heavy (non-hydrogen) atoms. The van der Waals surface area contributed by atoms with E-state index in [9.17, 15) is 9.59 Å². The molecule has 0 bridgehead atoms. The predicted molar refractivity (Wildman–Crippen MR) is 95.6 cm³/mol. The van der Waals surface area contributed by atoms with Gasteiger partial charge >= 0.3 is 0 Å². The van der Waals surface area contributed by atoms with Crippen molar-refractivity contribution < 1.29 is 14.3 Å². The van der Waals surface area contributed by atoms with Gasteiger partial charge in [0.2, 0.25) is 11.8 Å². The van der Waals surface area contributed by atoms with Crippen molar-refractivity contribution in [3.05, 3.63) is 53.6 Å². The normalized spacial score (nSPS) is 10.2. The van der Waals surface area contributed by atoms with Crippen LogP contribution in [0.2, 0.25) is 0 Å². The summed E-state index contributed by atoms with van der Waals surface area (Å²) < 4.78 is 5.09. The molecular weight excluding hydrogens is 304 g/mol. The summed E-state index contributed by atoms with van der Waals surface area (Å²) in [6.45, 7) is 5.29. The summed E-state index contributed by atoms with van der Waals surface area (Å²) in [6, 6.07) is 12.8. The lowest BCUT2D eigenvalue weighted by Crippen LogP contribution is -2.37. The third kappa shape index (κ3) is 4.13. The van der Waals surface area contributed by atoms with Gasteiger partial charge in [0.15, 0.2) is 0 Å². The number of benzene rings is 2. The summed E-state index contributed by atoms with van der Waals surface area (Å²) in [5, 5.41) is 2.80. The number of carbonyl (C=O) groups excluding carboxylic acids is 2. The summed E-state index contributed by atoms with van der Waals surface area (Å²) in [5.74, 6) is 0.296. The van der Waals surface area contributed by atoms with Crippen LogP contribution in [0.15, 0.2) is 42.5 Å². The number of hydrogen-bond donors (Lipinski definition) is 1. The molecule has 0 aromatic heterocycles. The maximum Gasteiger partial charge on any atom is 0.244 e. The first-order chi connectivity index (χ1) is 11.4. The first-order valence-corrected chi connectivity index (χ1v) is 7.70. The van der Waals surface area contributed by atoms with Crippen LogP contribution in [-0.2, 0) is 9.59 Å². The van der Waals surface area contributed by atoms with E-state index < -0.39 is 0 Å². The first-order valence-electron chi connectivity index (χ1n) is 7.70. The van der Waals surface area contributed by atoms with Gasteiger partial charge in [0.25, 0.3) is 0 Å².